The number of carbonyl (C=O) groups excluding carboxylic acids is 2. The van der Waals surface area contributed by atoms with Crippen LogP contribution < -0.4 is 0 Å². The summed E-state index contributed by atoms with van der Waals surface area (Å²) in [5.41, 5.74) is -1.30. The Morgan fingerprint density at radius 3 is 2.00 bits per heavy atom. The highest BCUT2D eigenvalue weighted by molar-refractivity contribution is 6.07. The zero-order valence-corrected chi connectivity index (χ0v) is 12.0. The van der Waals surface area contributed by atoms with Crippen LogP contribution in [0.15, 0.2) is 0 Å². The van der Waals surface area contributed by atoms with Crippen LogP contribution in [-0.4, -0.2) is 22.3 Å². The number of amides is 2. The summed E-state index contributed by atoms with van der Waals surface area (Å²) >= 11 is 0. The summed E-state index contributed by atoms with van der Waals surface area (Å²) in [4.78, 5) is 26.8. The van der Waals surface area contributed by atoms with E-state index in [9.17, 15) is 14.9 Å². The fraction of sp³-hybridized carbons (Fsp3) is 0.812. The Morgan fingerprint density at radius 1 is 0.900 bits per heavy atom. The second-order valence-corrected chi connectivity index (χ2v) is 6.76. The molecule has 2 aliphatic carbocycles. The third kappa shape index (κ3) is 1.87. The standard InChI is InChI=1S/C16H22N2O2/c17-12-16(9-5-6-10-16)18-13(19)11-15(14(18)20)7-3-1-2-4-8-15/h1-11H2. The van der Waals surface area contributed by atoms with E-state index in [-0.39, 0.29) is 11.8 Å². The van der Waals surface area contributed by atoms with Gasteiger partial charge >= 0.3 is 0 Å². The van der Waals surface area contributed by atoms with Crippen LogP contribution in [-0.2, 0) is 9.59 Å². The zero-order chi connectivity index (χ0) is 14.2. The van der Waals surface area contributed by atoms with Gasteiger partial charge in [-0.05, 0) is 38.5 Å². The van der Waals surface area contributed by atoms with Crippen molar-refractivity contribution in [2.75, 3.05) is 0 Å². The highest BCUT2D eigenvalue weighted by Gasteiger charge is 2.58. The number of rotatable bonds is 1. The first kappa shape index (κ1) is 13.6. The van der Waals surface area contributed by atoms with Crippen molar-refractivity contribution in [3.63, 3.8) is 0 Å². The van der Waals surface area contributed by atoms with Crippen molar-refractivity contribution in [1.29, 1.82) is 5.26 Å². The monoisotopic (exact) mass is 274 g/mol. The quantitative estimate of drug-likeness (QED) is 0.691. The molecule has 0 aromatic rings. The van der Waals surface area contributed by atoms with Crippen molar-refractivity contribution in [3.05, 3.63) is 0 Å². The topological polar surface area (TPSA) is 61.2 Å². The van der Waals surface area contributed by atoms with E-state index in [1.165, 1.54) is 4.90 Å². The Labute approximate surface area is 120 Å². The molecule has 20 heavy (non-hydrogen) atoms. The summed E-state index contributed by atoms with van der Waals surface area (Å²) in [6.07, 6.45) is 9.60. The lowest BCUT2D eigenvalue weighted by Gasteiger charge is -2.33. The lowest BCUT2D eigenvalue weighted by atomic mass is 9.78. The predicted octanol–water partition coefficient (Wildman–Crippen LogP) is 2.92. The predicted molar refractivity (Wildman–Crippen MR) is 73.4 cm³/mol. The van der Waals surface area contributed by atoms with Crippen LogP contribution in [0.4, 0.5) is 0 Å². The number of nitriles is 1. The summed E-state index contributed by atoms with van der Waals surface area (Å²) in [5, 5.41) is 9.56. The molecule has 0 unspecified atom stereocenters. The zero-order valence-electron chi connectivity index (χ0n) is 12.0. The number of hydrogen-bond donors (Lipinski definition) is 0. The highest BCUT2D eigenvalue weighted by Crippen LogP contribution is 2.48. The van der Waals surface area contributed by atoms with Gasteiger partial charge in [-0.25, -0.2) is 0 Å². The average Bonchev–Trinajstić information content (AvgIpc) is 2.90. The van der Waals surface area contributed by atoms with Crippen molar-refractivity contribution in [2.24, 2.45) is 5.41 Å². The molecule has 4 heteroatoms. The van der Waals surface area contributed by atoms with Crippen LogP contribution in [0.5, 0.6) is 0 Å². The Kier molecular flexibility index (Phi) is 3.32. The second kappa shape index (κ2) is 4.87. The summed E-state index contributed by atoms with van der Waals surface area (Å²) in [6.45, 7) is 0. The maximum atomic E-state index is 13.0. The van der Waals surface area contributed by atoms with Crippen LogP contribution in [0.3, 0.4) is 0 Å². The minimum Gasteiger partial charge on any atom is -0.274 e. The molecule has 3 fully saturated rings. The molecule has 108 valence electrons. The molecular weight excluding hydrogens is 252 g/mol. The fourth-order valence-electron chi connectivity index (χ4n) is 4.37. The molecule has 3 rings (SSSR count). The second-order valence-electron chi connectivity index (χ2n) is 6.76. The van der Waals surface area contributed by atoms with Crippen molar-refractivity contribution in [2.45, 2.75) is 76.2 Å². The molecule has 0 aromatic carbocycles. The van der Waals surface area contributed by atoms with E-state index < -0.39 is 11.0 Å². The first-order valence-corrected chi connectivity index (χ1v) is 7.92. The van der Waals surface area contributed by atoms with Crippen LogP contribution in [0.25, 0.3) is 0 Å². The fourth-order valence-corrected chi connectivity index (χ4v) is 4.37. The molecule has 2 amide bonds. The minimum atomic E-state index is -0.829. The Balaban J connectivity index is 1.92. The third-order valence-corrected chi connectivity index (χ3v) is 5.52. The van der Waals surface area contributed by atoms with E-state index in [1.54, 1.807) is 0 Å². The van der Waals surface area contributed by atoms with Crippen LogP contribution in [0.1, 0.15) is 70.6 Å². The SMILES string of the molecule is N#CC1(N2C(=O)CC3(CCCCCC3)C2=O)CCCC1. The number of nitrogens with zero attached hydrogens (tertiary/aromatic N) is 2. The third-order valence-electron chi connectivity index (χ3n) is 5.52. The molecular formula is C16H22N2O2. The summed E-state index contributed by atoms with van der Waals surface area (Å²) < 4.78 is 0. The van der Waals surface area contributed by atoms with Gasteiger partial charge in [-0.2, -0.15) is 5.26 Å². The van der Waals surface area contributed by atoms with Gasteiger partial charge in [-0.3, -0.25) is 14.5 Å². The van der Waals surface area contributed by atoms with Crippen LogP contribution in [0, 0.1) is 16.7 Å². The smallest absolute Gasteiger partial charge is 0.237 e. The van der Waals surface area contributed by atoms with Gasteiger partial charge in [0.05, 0.1) is 11.5 Å². The Bertz CT molecular complexity index is 463. The van der Waals surface area contributed by atoms with Gasteiger partial charge in [0.1, 0.15) is 5.54 Å². The summed E-state index contributed by atoms with van der Waals surface area (Å²) in [6, 6.07) is 2.30. The van der Waals surface area contributed by atoms with Gasteiger partial charge in [-0.15, -0.1) is 0 Å². The first-order chi connectivity index (χ1) is 9.64. The van der Waals surface area contributed by atoms with E-state index >= 15 is 0 Å². The maximum Gasteiger partial charge on any atom is 0.237 e. The molecule has 0 atom stereocenters. The van der Waals surface area contributed by atoms with E-state index in [4.69, 9.17) is 0 Å². The first-order valence-electron chi connectivity index (χ1n) is 7.92. The summed E-state index contributed by atoms with van der Waals surface area (Å²) in [5.74, 6) is -0.131. The van der Waals surface area contributed by atoms with E-state index in [1.807, 2.05) is 0 Å². The van der Waals surface area contributed by atoms with Crippen LogP contribution in [0.2, 0.25) is 0 Å². The molecule has 4 nitrogen and oxygen atoms in total. The molecule has 0 bridgehead atoms. The molecule has 0 aromatic heterocycles. The Morgan fingerprint density at radius 2 is 1.45 bits per heavy atom. The van der Waals surface area contributed by atoms with E-state index in [0.717, 1.165) is 51.4 Å². The van der Waals surface area contributed by atoms with Crippen molar-refractivity contribution in [3.8, 4) is 6.07 Å². The number of carbonyl (C=O) groups is 2. The molecule has 2 saturated carbocycles. The van der Waals surface area contributed by atoms with Crippen molar-refractivity contribution in [1.82, 2.24) is 4.90 Å². The molecule has 1 saturated heterocycles. The van der Waals surface area contributed by atoms with Crippen molar-refractivity contribution >= 4 is 11.8 Å². The molecule has 0 N–H and O–H groups in total. The van der Waals surface area contributed by atoms with Gasteiger partial charge < -0.3 is 0 Å². The van der Waals surface area contributed by atoms with Gasteiger partial charge in [0, 0.05) is 6.42 Å². The van der Waals surface area contributed by atoms with Gasteiger partial charge in [0.15, 0.2) is 0 Å². The molecule has 3 aliphatic rings. The number of imide groups is 1. The summed E-state index contributed by atoms with van der Waals surface area (Å²) in [7, 11) is 0. The largest absolute Gasteiger partial charge is 0.274 e. The number of hydrogen-bond acceptors (Lipinski definition) is 3. The van der Waals surface area contributed by atoms with Gasteiger partial charge in [-0.1, -0.05) is 25.7 Å². The average molecular weight is 274 g/mol. The van der Waals surface area contributed by atoms with Gasteiger partial charge in [0.25, 0.3) is 0 Å². The molecule has 1 spiro atoms. The number of likely N-dealkylation sites (tertiary alicyclic amines) is 1. The lowest BCUT2D eigenvalue weighted by molar-refractivity contribution is -0.146. The van der Waals surface area contributed by atoms with Crippen molar-refractivity contribution < 1.29 is 9.59 Å². The Hall–Kier alpha value is -1.37. The maximum absolute atomic E-state index is 13.0. The van der Waals surface area contributed by atoms with E-state index in [2.05, 4.69) is 6.07 Å². The lowest BCUT2D eigenvalue weighted by Crippen LogP contribution is -2.50. The normalized spacial score (nSPS) is 28.6. The van der Waals surface area contributed by atoms with Gasteiger partial charge in [0.2, 0.25) is 11.8 Å². The molecule has 1 aliphatic heterocycles. The highest BCUT2D eigenvalue weighted by atomic mass is 16.2. The van der Waals surface area contributed by atoms with Crippen LogP contribution >= 0.6 is 0 Å². The van der Waals surface area contributed by atoms with E-state index in [0.29, 0.717) is 19.3 Å². The minimum absolute atomic E-state index is 0.0344. The molecule has 1 heterocycles. The molecule has 0 radical (unpaired) electrons.